The summed E-state index contributed by atoms with van der Waals surface area (Å²) in [6.45, 7) is 4.26. The summed E-state index contributed by atoms with van der Waals surface area (Å²) in [5.41, 5.74) is 0.966. The Morgan fingerprint density at radius 3 is 2.55 bits per heavy atom. The molecule has 0 spiro atoms. The summed E-state index contributed by atoms with van der Waals surface area (Å²) in [7, 11) is 0. The van der Waals surface area contributed by atoms with Crippen molar-refractivity contribution in [1.29, 1.82) is 0 Å². The van der Waals surface area contributed by atoms with Crippen LogP contribution in [0.15, 0.2) is 30.3 Å². The second-order valence-corrected chi connectivity index (χ2v) is 4.94. The molecule has 1 N–H and O–H groups in total. The van der Waals surface area contributed by atoms with E-state index in [0.29, 0.717) is 6.54 Å². The third-order valence-electron chi connectivity index (χ3n) is 3.12. The Kier molecular flexibility index (Phi) is 7.40. The van der Waals surface area contributed by atoms with Gasteiger partial charge in [-0.3, -0.25) is 4.79 Å². The fraction of sp³-hybridized carbons (Fsp3) is 0.500. The van der Waals surface area contributed by atoms with E-state index in [9.17, 15) is 9.59 Å². The highest BCUT2D eigenvalue weighted by Gasteiger charge is 2.17. The zero-order valence-electron chi connectivity index (χ0n) is 12.2. The first-order valence-corrected chi connectivity index (χ1v) is 7.17. The Bertz CT molecular complexity index is 417. The van der Waals surface area contributed by atoms with Crippen molar-refractivity contribution in [3.63, 3.8) is 0 Å². The molecule has 1 aromatic rings. The van der Waals surface area contributed by atoms with Gasteiger partial charge in [-0.25, -0.2) is 4.79 Å². The number of hydrogen-bond acceptors (Lipinski definition) is 3. The Balaban J connectivity index is 2.25. The molecule has 0 aliphatic heterocycles. The Morgan fingerprint density at radius 2 is 1.90 bits per heavy atom. The molecular weight excluding hydrogens is 254 g/mol. The van der Waals surface area contributed by atoms with Gasteiger partial charge in [-0.2, -0.15) is 0 Å². The van der Waals surface area contributed by atoms with Crippen molar-refractivity contribution in [2.24, 2.45) is 5.92 Å². The van der Waals surface area contributed by atoms with Crippen molar-refractivity contribution < 1.29 is 14.3 Å². The van der Waals surface area contributed by atoms with Crippen LogP contribution in [0.4, 0.5) is 4.79 Å². The van der Waals surface area contributed by atoms with Crippen LogP contribution in [0.1, 0.15) is 45.1 Å². The third-order valence-corrected chi connectivity index (χ3v) is 3.12. The molecule has 0 saturated carbocycles. The monoisotopic (exact) mass is 277 g/mol. The maximum atomic E-state index is 11.7. The molecule has 0 saturated heterocycles. The van der Waals surface area contributed by atoms with Crippen LogP contribution in [-0.2, 0) is 16.1 Å². The minimum Gasteiger partial charge on any atom is -0.376 e. The van der Waals surface area contributed by atoms with Gasteiger partial charge in [0.1, 0.15) is 0 Å². The zero-order chi connectivity index (χ0) is 14.8. The van der Waals surface area contributed by atoms with Gasteiger partial charge in [0.15, 0.2) is 0 Å². The van der Waals surface area contributed by atoms with Crippen LogP contribution in [0.25, 0.3) is 0 Å². The second-order valence-electron chi connectivity index (χ2n) is 4.94. The van der Waals surface area contributed by atoms with E-state index in [0.717, 1.165) is 31.2 Å². The summed E-state index contributed by atoms with van der Waals surface area (Å²) in [5.74, 6) is -0.685. The largest absolute Gasteiger partial charge is 0.415 e. The van der Waals surface area contributed by atoms with Crippen LogP contribution in [-0.4, -0.2) is 12.1 Å². The summed E-state index contributed by atoms with van der Waals surface area (Å²) >= 11 is 0. The van der Waals surface area contributed by atoms with E-state index in [1.807, 2.05) is 30.3 Å². The third kappa shape index (κ3) is 6.36. The first-order valence-electron chi connectivity index (χ1n) is 7.17. The van der Waals surface area contributed by atoms with Crippen molar-refractivity contribution in [3.8, 4) is 0 Å². The molecule has 0 radical (unpaired) electrons. The molecule has 4 heteroatoms. The van der Waals surface area contributed by atoms with E-state index in [2.05, 4.69) is 12.2 Å². The van der Waals surface area contributed by atoms with Gasteiger partial charge in [0.2, 0.25) is 0 Å². The minimum absolute atomic E-state index is 0.232. The maximum Gasteiger partial charge on any atom is 0.415 e. The number of carbonyl (C=O) groups is 2. The Labute approximate surface area is 120 Å². The molecule has 20 heavy (non-hydrogen) atoms. The van der Waals surface area contributed by atoms with E-state index >= 15 is 0 Å². The highest BCUT2D eigenvalue weighted by Crippen LogP contribution is 2.11. The van der Waals surface area contributed by atoms with Crippen LogP contribution >= 0.6 is 0 Å². The number of nitrogens with one attached hydrogen (secondary N) is 1. The van der Waals surface area contributed by atoms with Gasteiger partial charge in [0, 0.05) is 6.54 Å². The van der Waals surface area contributed by atoms with Crippen molar-refractivity contribution >= 4 is 12.1 Å². The number of ether oxygens (including phenoxy) is 1. The number of rotatable bonds is 7. The molecule has 0 aliphatic carbocycles. The lowest BCUT2D eigenvalue weighted by Crippen LogP contribution is -2.28. The topological polar surface area (TPSA) is 55.4 Å². The number of amides is 1. The summed E-state index contributed by atoms with van der Waals surface area (Å²) in [6.07, 6.45) is 3.27. The van der Waals surface area contributed by atoms with Gasteiger partial charge in [0.05, 0.1) is 5.92 Å². The lowest BCUT2D eigenvalue weighted by Gasteiger charge is -2.10. The molecule has 1 rings (SSSR count). The molecule has 0 aliphatic rings. The smallest absolute Gasteiger partial charge is 0.376 e. The van der Waals surface area contributed by atoms with Crippen LogP contribution in [0.3, 0.4) is 0 Å². The number of carbonyl (C=O) groups excluding carboxylic acids is 2. The number of esters is 1. The van der Waals surface area contributed by atoms with Crippen molar-refractivity contribution in [2.75, 3.05) is 0 Å². The molecule has 1 aromatic carbocycles. The highest BCUT2D eigenvalue weighted by atomic mass is 16.6. The van der Waals surface area contributed by atoms with Gasteiger partial charge in [-0.15, -0.1) is 0 Å². The fourth-order valence-corrected chi connectivity index (χ4v) is 1.82. The quantitative estimate of drug-likeness (QED) is 0.470. The Hall–Kier alpha value is -1.84. The molecule has 1 atom stereocenters. The average molecular weight is 277 g/mol. The highest BCUT2D eigenvalue weighted by molar-refractivity contribution is 5.85. The molecule has 0 bridgehead atoms. The summed E-state index contributed by atoms with van der Waals surface area (Å²) < 4.78 is 4.78. The van der Waals surface area contributed by atoms with Crippen LogP contribution in [0, 0.1) is 5.92 Å². The number of hydrogen-bond donors (Lipinski definition) is 1. The van der Waals surface area contributed by atoms with Gasteiger partial charge < -0.3 is 10.1 Å². The van der Waals surface area contributed by atoms with E-state index < -0.39 is 12.1 Å². The summed E-state index contributed by atoms with van der Waals surface area (Å²) in [6, 6.07) is 9.49. The molecule has 0 heterocycles. The molecule has 1 unspecified atom stereocenters. The predicted octanol–water partition coefficient (Wildman–Crippen LogP) is 3.66. The molecule has 4 nitrogen and oxygen atoms in total. The maximum absolute atomic E-state index is 11.7. The van der Waals surface area contributed by atoms with Crippen LogP contribution in [0.2, 0.25) is 0 Å². The standard InChI is InChI=1S/C16H23NO3/c1-3-4-6-9-13(2)15(18)20-16(19)17-12-14-10-7-5-8-11-14/h5,7-8,10-11,13H,3-4,6,9,12H2,1-2H3,(H,17,19). The molecule has 110 valence electrons. The van der Waals surface area contributed by atoms with E-state index in [1.165, 1.54) is 0 Å². The number of alkyl carbamates (subject to hydrolysis) is 1. The van der Waals surface area contributed by atoms with Gasteiger partial charge in [-0.05, 0) is 12.0 Å². The average Bonchev–Trinajstić information content (AvgIpc) is 2.46. The normalized spacial score (nSPS) is 11.7. The van der Waals surface area contributed by atoms with Gasteiger partial charge in [0.25, 0.3) is 0 Å². The Morgan fingerprint density at radius 1 is 1.20 bits per heavy atom. The molecule has 0 fully saturated rings. The fourth-order valence-electron chi connectivity index (χ4n) is 1.82. The van der Waals surface area contributed by atoms with Gasteiger partial charge >= 0.3 is 12.1 Å². The SMILES string of the molecule is CCCCCC(C)C(=O)OC(=O)NCc1ccccc1. The lowest BCUT2D eigenvalue weighted by atomic mass is 10.0. The molecule has 0 aromatic heterocycles. The minimum atomic E-state index is -0.679. The number of benzene rings is 1. The first kappa shape index (κ1) is 16.2. The van der Waals surface area contributed by atoms with Crippen LogP contribution in [0.5, 0.6) is 0 Å². The first-order chi connectivity index (χ1) is 9.63. The van der Waals surface area contributed by atoms with Gasteiger partial charge in [-0.1, -0.05) is 63.4 Å². The van der Waals surface area contributed by atoms with Crippen molar-refractivity contribution in [2.45, 2.75) is 46.1 Å². The summed E-state index contributed by atoms with van der Waals surface area (Å²) in [4.78, 5) is 23.2. The van der Waals surface area contributed by atoms with E-state index in [-0.39, 0.29) is 5.92 Å². The van der Waals surface area contributed by atoms with E-state index in [1.54, 1.807) is 6.92 Å². The predicted molar refractivity (Wildman–Crippen MR) is 78.1 cm³/mol. The molecular formula is C16H23NO3. The van der Waals surface area contributed by atoms with Crippen molar-refractivity contribution in [3.05, 3.63) is 35.9 Å². The van der Waals surface area contributed by atoms with E-state index in [4.69, 9.17) is 4.74 Å². The number of unbranched alkanes of at least 4 members (excludes halogenated alkanes) is 2. The second kappa shape index (κ2) is 9.13. The van der Waals surface area contributed by atoms with Crippen LogP contribution < -0.4 is 5.32 Å². The van der Waals surface area contributed by atoms with Crippen molar-refractivity contribution in [1.82, 2.24) is 5.32 Å². The zero-order valence-corrected chi connectivity index (χ0v) is 12.2. The lowest BCUT2D eigenvalue weighted by molar-refractivity contribution is -0.141. The molecule has 1 amide bonds. The summed E-state index contributed by atoms with van der Waals surface area (Å²) in [5, 5.41) is 2.57.